The number of fused-ring (bicyclic) bond motifs is 1. The second kappa shape index (κ2) is 4.36. The van der Waals surface area contributed by atoms with Gasteiger partial charge in [0.2, 0.25) is 0 Å². The van der Waals surface area contributed by atoms with Gasteiger partial charge in [-0.3, -0.25) is 0 Å². The van der Waals surface area contributed by atoms with Crippen molar-refractivity contribution < 1.29 is 9.47 Å². The van der Waals surface area contributed by atoms with Crippen LogP contribution in [0.5, 0.6) is 11.5 Å². The van der Waals surface area contributed by atoms with Gasteiger partial charge in [-0.25, -0.2) is 0 Å². The molecule has 3 heteroatoms. The molecule has 1 aromatic rings. The fourth-order valence-electron chi connectivity index (χ4n) is 1.67. The normalized spacial score (nSPS) is 15.8. The third-order valence-corrected chi connectivity index (χ3v) is 2.47. The third kappa shape index (κ3) is 1.97. The fourth-order valence-corrected chi connectivity index (χ4v) is 1.67. The molecule has 2 rings (SSSR count). The van der Waals surface area contributed by atoms with Gasteiger partial charge >= 0.3 is 0 Å². The quantitative estimate of drug-likeness (QED) is 0.764. The molecular formula is C12H15NO2. The first-order chi connectivity index (χ1) is 7.35. The van der Waals surface area contributed by atoms with Crippen LogP contribution in [0.15, 0.2) is 30.9 Å². The zero-order valence-corrected chi connectivity index (χ0v) is 8.82. The predicted molar refractivity (Wildman–Crippen MR) is 59.4 cm³/mol. The maximum absolute atomic E-state index is 5.52. The lowest BCUT2D eigenvalue weighted by Gasteiger charge is -2.20. The summed E-state index contributed by atoms with van der Waals surface area (Å²) < 4.78 is 11.0. The van der Waals surface area contributed by atoms with Crippen molar-refractivity contribution in [1.82, 2.24) is 5.32 Å². The molecule has 0 bridgehead atoms. The van der Waals surface area contributed by atoms with Crippen molar-refractivity contribution in [2.24, 2.45) is 0 Å². The van der Waals surface area contributed by atoms with E-state index >= 15 is 0 Å². The lowest BCUT2D eigenvalue weighted by atomic mass is 10.1. The van der Waals surface area contributed by atoms with Crippen LogP contribution in [0.3, 0.4) is 0 Å². The summed E-state index contributed by atoms with van der Waals surface area (Å²) in [7, 11) is 1.91. The van der Waals surface area contributed by atoms with E-state index in [9.17, 15) is 0 Å². The Balaban J connectivity index is 2.30. The van der Waals surface area contributed by atoms with Gasteiger partial charge in [-0.1, -0.05) is 12.1 Å². The summed E-state index contributed by atoms with van der Waals surface area (Å²) in [5.41, 5.74) is 1.14. The number of likely N-dealkylation sites (N-methyl/N-ethyl adjacent to an activating group) is 1. The van der Waals surface area contributed by atoms with Crippen molar-refractivity contribution in [2.45, 2.75) is 6.04 Å². The highest BCUT2D eigenvalue weighted by Crippen LogP contribution is 2.32. The summed E-state index contributed by atoms with van der Waals surface area (Å²) in [6, 6.07) is 6.12. The van der Waals surface area contributed by atoms with Crippen LogP contribution in [0.25, 0.3) is 0 Å². The zero-order chi connectivity index (χ0) is 10.7. The molecule has 0 radical (unpaired) electrons. The Kier molecular flexibility index (Phi) is 2.92. The van der Waals surface area contributed by atoms with E-state index in [-0.39, 0.29) is 6.04 Å². The van der Waals surface area contributed by atoms with E-state index in [0.29, 0.717) is 13.2 Å². The largest absolute Gasteiger partial charge is 0.486 e. The Morgan fingerprint density at radius 3 is 2.73 bits per heavy atom. The van der Waals surface area contributed by atoms with Crippen LogP contribution in [-0.4, -0.2) is 20.3 Å². The lowest BCUT2D eigenvalue weighted by Crippen LogP contribution is -2.17. The van der Waals surface area contributed by atoms with Crippen LogP contribution >= 0.6 is 0 Å². The maximum Gasteiger partial charge on any atom is 0.161 e. The van der Waals surface area contributed by atoms with Crippen molar-refractivity contribution in [2.75, 3.05) is 20.3 Å². The minimum absolute atomic E-state index is 0.154. The molecule has 0 amide bonds. The average molecular weight is 205 g/mol. The first-order valence-electron chi connectivity index (χ1n) is 5.04. The van der Waals surface area contributed by atoms with Crippen LogP contribution in [0.1, 0.15) is 11.6 Å². The molecule has 1 N–H and O–H groups in total. The average Bonchev–Trinajstić information content (AvgIpc) is 2.30. The summed E-state index contributed by atoms with van der Waals surface area (Å²) in [6.45, 7) is 5.03. The summed E-state index contributed by atoms with van der Waals surface area (Å²) in [4.78, 5) is 0. The molecule has 1 heterocycles. The molecule has 15 heavy (non-hydrogen) atoms. The molecule has 80 valence electrons. The van der Waals surface area contributed by atoms with Crippen LogP contribution < -0.4 is 14.8 Å². The SMILES string of the molecule is C=CC(NC)c1ccc2c(c1)OCCO2. The molecule has 0 aliphatic carbocycles. The Hall–Kier alpha value is -1.48. The number of hydrogen-bond donors (Lipinski definition) is 1. The Morgan fingerprint density at radius 2 is 2.07 bits per heavy atom. The van der Waals surface area contributed by atoms with Crippen LogP contribution in [0.2, 0.25) is 0 Å². The highest BCUT2D eigenvalue weighted by molar-refractivity contribution is 5.45. The van der Waals surface area contributed by atoms with E-state index in [2.05, 4.69) is 11.9 Å². The Labute approximate surface area is 89.7 Å². The maximum atomic E-state index is 5.52. The number of ether oxygens (including phenoxy) is 2. The van der Waals surface area contributed by atoms with Gasteiger partial charge in [0.15, 0.2) is 11.5 Å². The van der Waals surface area contributed by atoms with Gasteiger partial charge < -0.3 is 14.8 Å². The van der Waals surface area contributed by atoms with Crippen molar-refractivity contribution >= 4 is 0 Å². The van der Waals surface area contributed by atoms with Gasteiger partial charge in [0.05, 0.1) is 6.04 Å². The summed E-state index contributed by atoms with van der Waals surface area (Å²) in [5.74, 6) is 1.64. The molecule has 3 nitrogen and oxygen atoms in total. The second-order valence-electron chi connectivity index (χ2n) is 3.41. The molecule has 0 spiro atoms. The summed E-state index contributed by atoms with van der Waals surface area (Å²) in [6.07, 6.45) is 1.87. The molecule has 0 saturated heterocycles. The van der Waals surface area contributed by atoms with E-state index in [4.69, 9.17) is 9.47 Å². The number of hydrogen-bond acceptors (Lipinski definition) is 3. The highest BCUT2D eigenvalue weighted by Gasteiger charge is 2.13. The fraction of sp³-hybridized carbons (Fsp3) is 0.333. The molecule has 0 saturated carbocycles. The minimum Gasteiger partial charge on any atom is -0.486 e. The number of benzene rings is 1. The third-order valence-electron chi connectivity index (χ3n) is 2.47. The Morgan fingerprint density at radius 1 is 1.33 bits per heavy atom. The van der Waals surface area contributed by atoms with Crippen molar-refractivity contribution in [3.05, 3.63) is 36.4 Å². The molecule has 0 fully saturated rings. The van der Waals surface area contributed by atoms with E-state index in [1.54, 1.807) is 0 Å². The number of nitrogens with one attached hydrogen (secondary N) is 1. The van der Waals surface area contributed by atoms with Crippen LogP contribution in [0, 0.1) is 0 Å². The van der Waals surface area contributed by atoms with Gasteiger partial charge in [-0.15, -0.1) is 6.58 Å². The zero-order valence-electron chi connectivity index (χ0n) is 8.82. The Bertz CT molecular complexity index is 363. The van der Waals surface area contributed by atoms with Gasteiger partial charge in [0, 0.05) is 0 Å². The first-order valence-corrected chi connectivity index (χ1v) is 5.04. The van der Waals surface area contributed by atoms with Gasteiger partial charge in [0.25, 0.3) is 0 Å². The van der Waals surface area contributed by atoms with Crippen molar-refractivity contribution in [3.63, 3.8) is 0 Å². The summed E-state index contributed by atoms with van der Waals surface area (Å²) in [5, 5.41) is 3.16. The van der Waals surface area contributed by atoms with Crippen molar-refractivity contribution in [1.29, 1.82) is 0 Å². The monoisotopic (exact) mass is 205 g/mol. The van der Waals surface area contributed by atoms with Gasteiger partial charge in [-0.2, -0.15) is 0 Å². The topological polar surface area (TPSA) is 30.5 Å². The van der Waals surface area contributed by atoms with Crippen LogP contribution in [-0.2, 0) is 0 Å². The molecule has 1 aromatic carbocycles. The smallest absolute Gasteiger partial charge is 0.161 e. The van der Waals surface area contributed by atoms with Crippen LogP contribution in [0.4, 0.5) is 0 Å². The first kappa shape index (κ1) is 10.1. The van der Waals surface area contributed by atoms with E-state index in [1.165, 1.54) is 0 Å². The molecule has 1 unspecified atom stereocenters. The van der Waals surface area contributed by atoms with E-state index < -0.39 is 0 Å². The lowest BCUT2D eigenvalue weighted by molar-refractivity contribution is 0.171. The predicted octanol–water partition coefficient (Wildman–Crippen LogP) is 1.90. The standard InChI is InChI=1S/C12H15NO2/c1-3-10(13-2)9-4-5-11-12(8-9)15-7-6-14-11/h3-5,8,10,13H,1,6-7H2,2H3. The number of rotatable bonds is 3. The van der Waals surface area contributed by atoms with Crippen molar-refractivity contribution in [3.8, 4) is 11.5 Å². The van der Waals surface area contributed by atoms with E-state index in [1.807, 2.05) is 31.3 Å². The molecular weight excluding hydrogens is 190 g/mol. The second-order valence-corrected chi connectivity index (χ2v) is 3.41. The van der Waals surface area contributed by atoms with Gasteiger partial charge in [-0.05, 0) is 24.7 Å². The summed E-state index contributed by atoms with van der Waals surface area (Å²) >= 11 is 0. The minimum atomic E-state index is 0.154. The molecule has 1 aliphatic rings. The van der Waals surface area contributed by atoms with E-state index in [0.717, 1.165) is 17.1 Å². The molecule has 1 aliphatic heterocycles. The molecule has 0 aromatic heterocycles. The highest BCUT2D eigenvalue weighted by atomic mass is 16.6. The molecule has 1 atom stereocenters. The van der Waals surface area contributed by atoms with Gasteiger partial charge in [0.1, 0.15) is 13.2 Å².